The zero-order chi connectivity index (χ0) is 14.4. The zero-order valence-electron chi connectivity index (χ0n) is 12.1. The minimum atomic E-state index is -0.893. The molecular weight excluding hydrogens is 256 g/mol. The van der Waals surface area contributed by atoms with Gasteiger partial charge in [0.1, 0.15) is 0 Å². The second-order valence-electron chi connectivity index (χ2n) is 5.52. The summed E-state index contributed by atoms with van der Waals surface area (Å²) >= 11 is 0. The molecule has 1 saturated carbocycles. The summed E-state index contributed by atoms with van der Waals surface area (Å²) in [6.07, 6.45) is 2.70. The highest BCUT2D eigenvalue weighted by Gasteiger charge is 2.69. The van der Waals surface area contributed by atoms with Crippen LogP contribution in [0.2, 0.25) is 0 Å². The fourth-order valence-electron chi connectivity index (χ4n) is 4.04. The molecule has 0 radical (unpaired) electrons. The minimum absolute atomic E-state index is 0.149. The SMILES string of the molecule is COC1(OC)CCCC2c3ccccc3C21OC(C)=O. The summed E-state index contributed by atoms with van der Waals surface area (Å²) in [6, 6.07) is 8.09. The predicted molar refractivity (Wildman–Crippen MR) is 73.2 cm³/mol. The van der Waals surface area contributed by atoms with Crippen LogP contribution in [0, 0.1) is 0 Å². The van der Waals surface area contributed by atoms with E-state index in [0.717, 1.165) is 24.8 Å². The molecule has 108 valence electrons. The Morgan fingerprint density at radius 3 is 2.60 bits per heavy atom. The fourth-order valence-corrected chi connectivity index (χ4v) is 4.04. The third-order valence-electron chi connectivity index (χ3n) is 4.76. The Labute approximate surface area is 119 Å². The number of methoxy groups -OCH3 is 2. The number of ether oxygens (including phenoxy) is 3. The maximum atomic E-state index is 11.7. The van der Waals surface area contributed by atoms with E-state index in [-0.39, 0.29) is 11.9 Å². The Morgan fingerprint density at radius 1 is 1.25 bits per heavy atom. The minimum Gasteiger partial charge on any atom is -0.448 e. The molecule has 0 bridgehead atoms. The molecule has 0 saturated heterocycles. The molecule has 0 N–H and O–H groups in total. The molecule has 1 aromatic rings. The molecule has 0 heterocycles. The van der Waals surface area contributed by atoms with Gasteiger partial charge in [0, 0.05) is 39.0 Å². The van der Waals surface area contributed by atoms with Crippen molar-refractivity contribution in [3.63, 3.8) is 0 Å². The van der Waals surface area contributed by atoms with Crippen LogP contribution in [0.5, 0.6) is 0 Å². The molecule has 2 aliphatic carbocycles. The van der Waals surface area contributed by atoms with Crippen LogP contribution < -0.4 is 0 Å². The first-order chi connectivity index (χ1) is 9.61. The van der Waals surface area contributed by atoms with Gasteiger partial charge in [-0.3, -0.25) is 4.79 Å². The van der Waals surface area contributed by atoms with Crippen LogP contribution in [0.25, 0.3) is 0 Å². The van der Waals surface area contributed by atoms with Crippen LogP contribution in [0.3, 0.4) is 0 Å². The van der Waals surface area contributed by atoms with Crippen LogP contribution >= 0.6 is 0 Å². The van der Waals surface area contributed by atoms with E-state index in [0.29, 0.717) is 0 Å². The van der Waals surface area contributed by atoms with E-state index < -0.39 is 11.4 Å². The second kappa shape index (κ2) is 4.57. The summed E-state index contributed by atoms with van der Waals surface area (Å²) in [6.45, 7) is 1.44. The lowest BCUT2D eigenvalue weighted by atomic mass is 9.55. The molecule has 1 fully saturated rings. The van der Waals surface area contributed by atoms with Gasteiger partial charge in [0.05, 0.1) is 0 Å². The van der Waals surface area contributed by atoms with Gasteiger partial charge in [-0.15, -0.1) is 0 Å². The molecule has 2 unspecified atom stereocenters. The highest BCUT2D eigenvalue weighted by atomic mass is 16.7. The van der Waals surface area contributed by atoms with E-state index in [9.17, 15) is 4.79 Å². The number of esters is 1. The highest BCUT2D eigenvalue weighted by Crippen LogP contribution is 2.64. The standard InChI is InChI=1S/C16H20O4/c1-11(17)20-16-13-8-5-4-7-12(13)14(16)9-6-10-15(16,18-2)19-3/h4-5,7-8,14H,6,9-10H2,1-3H3. The number of carbonyl (C=O) groups excluding carboxylic acids is 1. The van der Waals surface area contributed by atoms with E-state index in [1.807, 2.05) is 18.2 Å². The van der Waals surface area contributed by atoms with Gasteiger partial charge < -0.3 is 14.2 Å². The number of rotatable bonds is 3. The Balaban J connectivity index is 2.18. The zero-order valence-corrected chi connectivity index (χ0v) is 12.1. The van der Waals surface area contributed by atoms with Gasteiger partial charge in [0.2, 0.25) is 5.79 Å². The lowest BCUT2D eigenvalue weighted by Crippen LogP contribution is -2.66. The third kappa shape index (κ3) is 1.46. The number of carbonyl (C=O) groups is 1. The first-order valence-electron chi connectivity index (χ1n) is 7.00. The topological polar surface area (TPSA) is 44.8 Å². The third-order valence-corrected chi connectivity index (χ3v) is 4.76. The molecule has 0 aromatic heterocycles. The van der Waals surface area contributed by atoms with Crippen molar-refractivity contribution in [2.75, 3.05) is 14.2 Å². The van der Waals surface area contributed by atoms with E-state index in [4.69, 9.17) is 14.2 Å². The van der Waals surface area contributed by atoms with E-state index in [1.54, 1.807) is 14.2 Å². The van der Waals surface area contributed by atoms with Gasteiger partial charge >= 0.3 is 5.97 Å². The average Bonchev–Trinajstić information content (AvgIpc) is 2.45. The molecule has 0 amide bonds. The average molecular weight is 276 g/mol. The highest BCUT2D eigenvalue weighted by molar-refractivity contribution is 5.69. The van der Waals surface area contributed by atoms with E-state index in [1.165, 1.54) is 12.5 Å². The second-order valence-corrected chi connectivity index (χ2v) is 5.52. The molecule has 4 heteroatoms. The maximum Gasteiger partial charge on any atom is 0.303 e. The number of hydrogen-bond acceptors (Lipinski definition) is 4. The molecule has 4 nitrogen and oxygen atoms in total. The van der Waals surface area contributed by atoms with Crippen molar-refractivity contribution in [3.8, 4) is 0 Å². The van der Waals surface area contributed by atoms with Crippen molar-refractivity contribution < 1.29 is 19.0 Å². The van der Waals surface area contributed by atoms with Crippen molar-refractivity contribution in [2.45, 2.75) is 43.5 Å². The first kappa shape index (κ1) is 13.6. The van der Waals surface area contributed by atoms with Crippen molar-refractivity contribution in [2.24, 2.45) is 0 Å². The lowest BCUT2D eigenvalue weighted by Gasteiger charge is -2.60. The van der Waals surface area contributed by atoms with Crippen LogP contribution in [0.1, 0.15) is 43.2 Å². The summed E-state index contributed by atoms with van der Waals surface area (Å²) < 4.78 is 17.3. The van der Waals surface area contributed by atoms with E-state index in [2.05, 4.69) is 6.07 Å². The fraction of sp³-hybridized carbons (Fsp3) is 0.562. The predicted octanol–water partition coefficient (Wildman–Crippen LogP) is 2.72. The largest absolute Gasteiger partial charge is 0.448 e. The monoisotopic (exact) mass is 276 g/mol. The summed E-state index contributed by atoms with van der Waals surface area (Å²) in [5.74, 6) is -1.04. The Bertz CT molecular complexity index is 535. The lowest BCUT2D eigenvalue weighted by molar-refractivity contribution is -0.340. The molecular formula is C16H20O4. The van der Waals surface area contributed by atoms with Crippen molar-refractivity contribution in [1.29, 1.82) is 0 Å². The van der Waals surface area contributed by atoms with Crippen LogP contribution in [0.4, 0.5) is 0 Å². The van der Waals surface area contributed by atoms with Crippen molar-refractivity contribution in [3.05, 3.63) is 35.4 Å². The normalized spacial score (nSPS) is 29.9. The van der Waals surface area contributed by atoms with Gasteiger partial charge in [-0.2, -0.15) is 0 Å². The number of hydrogen-bond donors (Lipinski definition) is 0. The first-order valence-corrected chi connectivity index (χ1v) is 7.00. The van der Waals surface area contributed by atoms with Gasteiger partial charge in [0.15, 0.2) is 5.60 Å². The smallest absolute Gasteiger partial charge is 0.303 e. The Morgan fingerprint density at radius 2 is 1.95 bits per heavy atom. The summed E-state index contributed by atoms with van der Waals surface area (Å²) in [5, 5.41) is 0. The quantitative estimate of drug-likeness (QED) is 0.629. The molecule has 0 aliphatic heterocycles. The van der Waals surface area contributed by atoms with Crippen LogP contribution in [0.15, 0.2) is 24.3 Å². The summed E-state index contributed by atoms with van der Waals surface area (Å²) in [5.41, 5.74) is 1.45. The molecule has 0 spiro atoms. The van der Waals surface area contributed by atoms with Gasteiger partial charge in [-0.25, -0.2) is 0 Å². The molecule has 2 atom stereocenters. The molecule has 1 aromatic carbocycles. The maximum absolute atomic E-state index is 11.7. The van der Waals surface area contributed by atoms with Gasteiger partial charge in [0.25, 0.3) is 0 Å². The molecule has 3 rings (SSSR count). The van der Waals surface area contributed by atoms with Gasteiger partial charge in [-0.05, 0) is 18.4 Å². The van der Waals surface area contributed by atoms with Crippen molar-refractivity contribution in [1.82, 2.24) is 0 Å². The Hall–Kier alpha value is -1.39. The van der Waals surface area contributed by atoms with E-state index >= 15 is 0 Å². The van der Waals surface area contributed by atoms with Crippen LogP contribution in [-0.4, -0.2) is 26.0 Å². The number of benzene rings is 1. The van der Waals surface area contributed by atoms with Crippen LogP contribution in [-0.2, 0) is 24.6 Å². The van der Waals surface area contributed by atoms with Crippen molar-refractivity contribution >= 4 is 5.97 Å². The Kier molecular flexibility index (Phi) is 3.10. The number of fused-ring (bicyclic) bond motifs is 4. The molecule has 2 aliphatic rings. The summed E-state index contributed by atoms with van der Waals surface area (Å²) in [7, 11) is 3.25. The molecule has 20 heavy (non-hydrogen) atoms. The van der Waals surface area contributed by atoms with Gasteiger partial charge in [-0.1, -0.05) is 24.3 Å². The summed E-state index contributed by atoms with van der Waals surface area (Å²) in [4.78, 5) is 11.7.